The molecule has 0 saturated heterocycles. The predicted molar refractivity (Wildman–Crippen MR) is 94.1 cm³/mol. The van der Waals surface area contributed by atoms with Gasteiger partial charge in [-0.15, -0.1) is 11.8 Å². The monoisotopic (exact) mass is 357 g/mol. The summed E-state index contributed by atoms with van der Waals surface area (Å²) in [6.45, 7) is 3.74. The number of aryl methyl sites for hydroxylation is 2. The number of hydrogen-bond acceptors (Lipinski definition) is 5. The molecule has 2 heterocycles. The van der Waals surface area contributed by atoms with Crippen LogP contribution in [0.4, 0.5) is 10.1 Å². The minimum absolute atomic E-state index is 0.291. The summed E-state index contributed by atoms with van der Waals surface area (Å²) >= 11 is 1.44. The minimum atomic E-state index is -0.352. The van der Waals surface area contributed by atoms with Crippen LogP contribution in [0.25, 0.3) is 0 Å². The van der Waals surface area contributed by atoms with Crippen LogP contribution in [0.5, 0.6) is 0 Å². The molecule has 0 aliphatic rings. The summed E-state index contributed by atoms with van der Waals surface area (Å²) in [5, 5.41) is 7.30. The number of aromatic nitrogens is 2. The molecule has 0 aliphatic heterocycles. The molecule has 1 N–H and O–H groups in total. The number of benzene rings is 1. The topological polar surface area (TPSA) is 68.0 Å². The van der Waals surface area contributed by atoms with Crippen molar-refractivity contribution < 1.29 is 13.7 Å². The fraction of sp³-hybridized carbons (Fsp3) is 0.167. The van der Waals surface area contributed by atoms with Crippen molar-refractivity contribution in [2.75, 3.05) is 5.32 Å². The molecule has 0 unspecified atom stereocenters. The third kappa shape index (κ3) is 4.06. The Hall–Kier alpha value is -2.67. The zero-order valence-electron chi connectivity index (χ0n) is 13.7. The van der Waals surface area contributed by atoms with E-state index in [1.807, 2.05) is 13.8 Å². The molecule has 1 amide bonds. The molecular formula is C18H16FN3O2S. The molecule has 0 saturated carbocycles. The maximum Gasteiger partial charge on any atom is 0.258 e. The number of carbonyl (C=O) groups excluding carboxylic acids is 1. The number of thioether (sulfide) groups is 1. The molecule has 0 aliphatic carbocycles. The smallest absolute Gasteiger partial charge is 0.258 e. The number of pyridine rings is 1. The van der Waals surface area contributed by atoms with E-state index in [9.17, 15) is 9.18 Å². The molecule has 0 bridgehead atoms. The summed E-state index contributed by atoms with van der Waals surface area (Å²) in [5.41, 5.74) is 2.82. The van der Waals surface area contributed by atoms with Crippen molar-refractivity contribution in [3.8, 4) is 0 Å². The lowest BCUT2D eigenvalue weighted by molar-refractivity contribution is 0.102. The Kier molecular flexibility index (Phi) is 5.14. The molecule has 2 aromatic heterocycles. The maximum atomic E-state index is 13.0. The first-order valence-electron chi connectivity index (χ1n) is 7.61. The summed E-state index contributed by atoms with van der Waals surface area (Å²) in [7, 11) is 0. The summed E-state index contributed by atoms with van der Waals surface area (Å²) in [6.07, 6.45) is 1.64. The molecule has 0 fully saturated rings. The van der Waals surface area contributed by atoms with Crippen LogP contribution in [0.3, 0.4) is 0 Å². The lowest BCUT2D eigenvalue weighted by atomic mass is 10.2. The first-order valence-corrected chi connectivity index (χ1v) is 8.59. The number of nitrogens with one attached hydrogen (secondary N) is 1. The van der Waals surface area contributed by atoms with Crippen molar-refractivity contribution in [3.05, 3.63) is 71.0 Å². The summed E-state index contributed by atoms with van der Waals surface area (Å²) in [6, 6.07) is 9.04. The van der Waals surface area contributed by atoms with Crippen LogP contribution >= 0.6 is 11.8 Å². The van der Waals surface area contributed by atoms with Gasteiger partial charge in [0, 0.05) is 23.2 Å². The van der Waals surface area contributed by atoms with Crippen molar-refractivity contribution >= 4 is 23.4 Å². The van der Waals surface area contributed by atoms with Crippen LogP contribution in [0.15, 0.2) is 52.1 Å². The SMILES string of the molecule is Cc1noc(C)c1CSc1ncccc1C(=O)Nc1ccc(F)cc1. The van der Waals surface area contributed by atoms with Gasteiger partial charge < -0.3 is 9.84 Å². The van der Waals surface area contributed by atoms with Crippen molar-refractivity contribution in [2.45, 2.75) is 24.6 Å². The molecule has 0 atom stereocenters. The van der Waals surface area contributed by atoms with Crippen LogP contribution < -0.4 is 5.32 Å². The molecule has 5 nitrogen and oxygen atoms in total. The summed E-state index contributed by atoms with van der Waals surface area (Å²) in [5.74, 6) is 0.726. The lowest BCUT2D eigenvalue weighted by Crippen LogP contribution is -2.13. The van der Waals surface area contributed by atoms with Crippen LogP contribution in [0, 0.1) is 19.7 Å². The fourth-order valence-corrected chi connectivity index (χ4v) is 3.40. The highest BCUT2D eigenvalue weighted by Crippen LogP contribution is 2.27. The summed E-state index contributed by atoms with van der Waals surface area (Å²) in [4.78, 5) is 16.8. The van der Waals surface area contributed by atoms with E-state index >= 15 is 0 Å². The molecule has 3 aromatic rings. The standard InChI is InChI=1S/C18H16FN3O2S/c1-11-16(12(2)24-22-11)10-25-18-15(4-3-9-20-18)17(23)21-14-7-5-13(19)6-8-14/h3-9H,10H2,1-2H3,(H,21,23). The zero-order valence-corrected chi connectivity index (χ0v) is 14.6. The quantitative estimate of drug-likeness (QED) is 0.687. The Labute approximate surface area is 148 Å². The van der Waals surface area contributed by atoms with E-state index < -0.39 is 0 Å². The molecule has 7 heteroatoms. The van der Waals surface area contributed by atoms with Crippen molar-refractivity contribution in [2.24, 2.45) is 0 Å². The maximum absolute atomic E-state index is 13.0. The molecule has 0 spiro atoms. The minimum Gasteiger partial charge on any atom is -0.361 e. The average Bonchev–Trinajstić information content (AvgIpc) is 2.93. The van der Waals surface area contributed by atoms with Gasteiger partial charge in [-0.25, -0.2) is 9.37 Å². The van der Waals surface area contributed by atoms with Crippen LogP contribution in [0.2, 0.25) is 0 Å². The van der Waals surface area contributed by atoms with Crippen LogP contribution in [-0.2, 0) is 5.75 Å². The Balaban J connectivity index is 1.76. The first-order chi connectivity index (χ1) is 12.0. The van der Waals surface area contributed by atoms with Gasteiger partial charge >= 0.3 is 0 Å². The number of anilines is 1. The normalized spacial score (nSPS) is 10.7. The van der Waals surface area contributed by atoms with E-state index in [1.54, 1.807) is 18.3 Å². The van der Waals surface area contributed by atoms with E-state index in [0.717, 1.165) is 17.0 Å². The number of rotatable bonds is 5. The largest absolute Gasteiger partial charge is 0.361 e. The highest BCUT2D eigenvalue weighted by molar-refractivity contribution is 7.98. The third-order valence-corrected chi connectivity index (χ3v) is 4.68. The Bertz CT molecular complexity index is 874. The Morgan fingerprint density at radius 1 is 1.24 bits per heavy atom. The molecule has 0 radical (unpaired) electrons. The average molecular weight is 357 g/mol. The van der Waals surface area contributed by atoms with Crippen molar-refractivity contribution in [3.63, 3.8) is 0 Å². The second kappa shape index (κ2) is 7.48. The molecule has 3 rings (SSSR count). The van der Waals surface area contributed by atoms with Gasteiger partial charge in [0.05, 0.1) is 11.3 Å². The zero-order chi connectivity index (χ0) is 17.8. The number of hydrogen-bond donors (Lipinski definition) is 1. The van der Waals surface area contributed by atoms with Gasteiger partial charge in [0.25, 0.3) is 5.91 Å². The molecule has 25 heavy (non-hydrogen) atoms. The van der Waals surface area contributed by atoms with Gasteiger partial charge in [-0.2, -0.15) is 0 Å². The van der Waals surface area contributed by atoms with Gasteiger partial charge in [0.15, 0.2) is 0 Å². The van der Waals surface area contributed by atoms with Gasteiger partial charge in [0.2, 0.25) is 0 Å². The fourth-order valence-electron chi connectivity index (χ4n) is 2.26. The predicted octanol–water partition coefficient (Wildman–Crippen LogP) is 4.37. The van der Waals surface area contributed by atoms with Crippen LogP contribution in [-0.4, -0.2) is 16.0 Å². The van der Waals surface area contributed by atoms with E-state index in [0.29, 0.717) is 22.0 Å². The Morgan fingerprint density at radius 3 is 2.68 bits per heavy atom. The number of carbonyl (C=O) groups is 1. The highest BCUT2D eigenvalue weighted by Gasteiger charge is 2.15. The second-order valence-electron chi connectivity index (χ2n) is 5.41. The number of halogens is 1. The van der Waals surface area contributed by atoms with Crippen molar-refractivity contribution in [1.82, 2.24) is 10.1 Å². The third-order valence-electron chi connectivity index (χ3n) is 3.65. The van der Waals surface area contributed by atoms with Crippen LogP contribution in [0.1, 0.15) is 27.4 Å². The van der Waals surface area contributed by atoms with Gasteiger partial charge in [0.1, 0.15) is 16.6 Å². The van der Waals surface area contributed by atoms with Gasteiger partial charge in [-0.1, -0.05) is 5.16 Å². The van der Waals surface area contributed by atoms with Gasteiger partial charge in [-0.3, -0.25) is 4.79 Å². The molecule has 128 valence electrons. The molecule has 1 aromatic carbocycles. The Morgan fingerprint density at radius 2 is 2.00 bits per heavy atom. The van der Waals surface area contributed by atoms with E-state index in [4.69, 9.17) is 4.52 Å². The summed E-state index contributed by atoms with van der Waals surface area (Å²) < 4.78 is 18.1. The van der Waals surface area contributed by atoms with E-state index in [-0.39, 0.29) is 11.7 Å². The number of amides is 1. The van der Waals surface area contributed by atoms with Crippen molar-refractivity contribution in [1.29, 1.82) is 0 Å². The van der Waals surface area contributed by atoms with E-state index in [2.05, 4.69) is 15.5 Å². The second-order valence-corrected chi connectivity index (χ2v) is 6.37. The number of nitrogens with zero attached hydrogens (tertiary/aromatic N) is 2. The lowest BCUT2D eigenvalue weighted by Gasteiger charge is -2.09. The van der Waals surface area contributed by atoms with E-state index in [1.165, 1.54) is 36.0 Å². The highest BCUT2D eigenvalue weighted by atomic mass is 32.2. The first kappa shape index (κ1) is 17.2. The molecular weight excluding hydrogens is 341 g/mol. The van der Waals surface area contributed by atoms with Gasteiger partial charge in [-0.05, 0) is 50.2 Å².